The van der Waals surface area contributed by atoms with Crippen LogP contribution in [0.25, 0.3) is 0 Å². The van der Waals surface area contributed by atoms with E-state index in [2.05, 4.69) is 10.6 Å². The van der Waals surface area contributed by atoms with E-state index in [9.17, 15) is 9.18 Å². The molecule has 2 aromatic carbocycles. The molecular weight excluding hydrogens is 291 g/mol. The minimum atomic E-state index is -0.635. The van der Waals surface area contributed by atoms with Gasteiger partial charge in [0.15, 0.2) is 0 Å². The molecule has 21 heavy (non-hydrogen) atoms. The van der Waals surface area contributed by atoms with Crippen molar-refractivity contribution in [2.24, 2.45) is 0 Å². The van der Waals surface area contributed by atoms with E-state index in [4.69, 9.17) is 11.6 Å². The van der Waals surface area contributed by atoms with Crippen molar-refractivity contribution in [1.82, 2.24) is 5.32 Å². The molecule has 0 fully saturated rings. The van der Waals surface area contributed by atoms with Crippen LogP contribution in [-0.4, -0.2) is 12.5 Å². The van der Waals surface area contributed by atoms with Crippen LogP contribution in [0.1, 0.15) is 22.8 Å². The highest BCUT2D eigenvalue weighted by molar-refractivity contribution is 6.30. The molecule has 0 aliphatic rings. The largest absolute Gasteiger partial charge is 0.322 e. The Hall–Kier alpha value is -1.91. The van der Waals surface area contributed by atoms with Gasteiger partial charge in [-0.2, -0.15) is 0 Å². The Balaban J connectivity index is 2.19. The van der Waals surface area contributed by atoms with Crippen LogP contribution in [0.4, 0.5) is 10.1 Å². The van der Waals surface area contributed by atoms with E-state index >= 15 is 0 Å². The average Bonchev–Trinajstić information content (AvgIpc) is 2.46. The van der Waals surface area contributed by atoms with Gasteiger partial charge in [0, 0.05) is 17.3 Å². The molecular formula is C16H16ClFN2O. The Morgan fingerprint density at radius 2 is 2.00 bits per heavy atom. The van der Waals surface area contributed by atoms with Crippen LogP contribution in [0.15, 0.2) is 42.5 Å². The average molecular weight is 307 g/mol. The van der Waals surface area contributed by atoms with E-state index in [0.29, 0.717) is 12.2 Å². The normalized spacial score (nSPS) is 10.4. The van der Waals surface area contributed by atoms with E-state index in [-0.39, 0.29) is 10.6 Å². The maximum Gasteiger partial charge on any atom is 0.258 e. The minimum Gasteiger partial charge on any atom is -0.322 e. The van der Waals surface area contributed by atoms with Crippen LogP contribution < -0.4 is 10.6 Å². The van der Waals surface area contributed by atoms with Gasteiger partial charge in [0.05, 0.1) is 5.56 Å². The van der Waals surface area contributed by atoms with Crippen molar-refractivity contribution in [3.8, 4) is 0 Å². The number of hydrogen-bond acceptors (Lipinski definition) is 2. The molecule has 0 bridgehead atoms. The first-order valence-electron chi connectivity index (χ1n) is 6.67. The zero-order chi connectivity index (χ0) is 15.2. The van der Waals surface area contributed by atoms with E-state index < -0.39 is 11.7 Å². The number of anilines is 1. The van der Waals surface area contributed by atoms with Gasteiger partial charge < -0.3 is 10.6 Å². The van der Waals surface area contributed by atoms with Crippen LogP contribution in [0.5, 0.6) is 0 Å². The summed E-state index contributed by atoms with van der Waals surface area (Å²) < 4.78 is 13.7. The summed E-state index contributed by atoms with van der Waals surface area (Å²) >= 11 is 5.68. The molecule has 0 aliphatic carbocycles. The first-order valence-corrected chi connectivity index (χ1v) is 7.04. The maximum absolute atomic E-state index is 13.7. The van der Waals surface area contributed by atoms with Crippen molar-refractivity contribution in [2.75, 3.05) is 11.9 Å². The van der Waals surface area contributed by atoms with Crippen molar-refractivity contribution < 1.29 is 9.18 Å². The molecule has 0 aromatic heterocycles. The Bertz CT molecular complexity index is 646. The Morgan fingerprint density at radius 1 is 1.24 bits per heavy atom. The van der Waals surface area contributed by atoms with E-state index in [0.717, 1.165) is 18.2 Å². The Labute approximate surface area is 128 Å². The van der Waals surface area contributed by atoms with Gasteiger partial charge in [-0.05, 0) is 36.4 Å². The first-order chi connectivity index (χ1) is 10.1. The van der Waals surface area contributed by atoms with Gasteiger partial charge in [0.1, 0.15) is 5.82 Å². The summed E-state index contributed by atoms with van der Waals surface area (Å²) in [5, 5.41) is 6.19. The highest BCUT2D eigenvalue weighted by atomic mass is 35.5. The number of benzene rings is 2. The third kappa shape index (κ3) is 4.03. The van der Waals surface area contributed by atoms with Crippen molar-refractivity contribution in [1.29, 1.82) is 0 Å². The van der Waals surface area contributed by atoms with E-state index in [1.807, 2.05) is 25.1 Å². The van der Waals surface area contributed by atoms with Gasteiger partial charge in [-0.25, -0.2) is 4.39 Å². The Morgan fingerprint density at radius 3 is 2.71 bits per heavy atom. The second kappa shape index (κ2) is 7.20. The molecule has 0 spiro atoms. The number of para-hydroxylation sites is 1. The second-order valence-corrected chi connectivity index (χ2v) is 4.95. The fourth-order valence-corrected chi connectivity index (χ4v) is 2.08. The number of hydrogen-bond donors (Lipinski definition) is 2. The predicted octanol–water partition coefficient (Wildman–Crippen LogP) is 3.84. The summed E-state index contributed by atoms with van der Waals surface area (Å²) in [6.45, 7) is 3.47. The lowest BCUT2D eigenvalue weighted by molar-refractivity contribution is 0.102. The molecule has 2 N–H and O–H groups in total. The SMILES string of the molecule is CCNCc1ccccc1NC(=O)c1ccc(Cl)cc1F. The highest BCUT2D eigenvalue weighted by Gasteiger charge is 2.13. The van der Waals surface area contributed by atoms with Crippen LogP contribution in [0.2, 0.25) is 5.02 Å². The Kier molecular flexibility index (Phi) is 5.31. The topological polar surface area (TPSA) is 41.1 Å². The second-order valence-electron chi connectivity index (χ2n) is 4.52. The molecule has 2 aromatic rings. The van der Waals surface area contributed by atoms with Gasteiger partial charge in [-0.15, -0.1) is 0 Å². The van der Waals surface area contributed by atoms with Crippen molar-refractivity contribution in [3.05, 3.63) is 64.4 Å². The smallest absolute Gasteiger partial charge is 0.258 e. The van der Waals surface area contributed by atoms with Crippen LogP contribution in [0, 0.1) is 5.82 Å². The molecule has 0 unspecified atom stereocenters. The van der Waals surface area contributed by atoms with Crippen molar-refractivity contribution in [2.45, 2.75) is 13.5 Å². The van der Waals surface area contributed by atoms with Gasteiger partial charge in [0.2, 0.25) is 0 Å². The summed E-state index contributed by atoms with van der Waals surface area (Å²) in [6.07, 6.45) is 0. The van der Waals surface area contributed by atoms with Gasteiger partial charge in [0.25, 0.3) is 5.91 Å². The van der Waals surface area contributed by atoms with E-state index in [1.165, 1.54) is 12.1 Å². The van der Waals surface area contributed by atoms with Crippen LogP contribution >= 0.6 is 11.6 Å². The monoisotopic (exact) mass is 306 g/mol. The number of rotatable bonds is 5. The van der Waals surface area contributed by atoms with Gasteiger partial charge >= 0.3 is 0 Å². The number of amides is 1. The molecule has 0 saturated carbocycles. The minimum absolute atomic E-state index is 0.0300. The maximum atomic E-state index is 13.7. The van der Waals surface area contributed by atoms with Crippen molar-refractivity contribution >= 4 is 23.2 Å². The lowest BCUT2D eigenvalue weighted by atomic mass is 10.1. The molecule has 1 amide bonds. The summed E-state index contributed by atoms with van der Waals surface area (Å²) in [5.74, 6) is -1.13. The zero-order valence-electron chi connectivity index (χ0n) is 11.6. The molecule has 5 heteroatoms. The molecule has 3 nitrogen and oxygen atoms in total. The fourth-order valence-electron chi connectivity index (χ4n) is 1.92. The molecule has 0 aliphatic heterocycles. The lowest BCUT2D eigenvalue weighted by Gasteiger charge is -2.11. The predicted molar refractivity (Wildman–Crippen MR) is 83.2 cm³/mol. The van der Waals surface area contributed by atoms with E-state index in [1.54, 1.807) is 6.07 Å². The molecule has 2 rings (SSSR count). The lowest BCUT2D eigenvalue weighted by Crippen LogP contribution is -2.17. The summed E-state index contributed by atoms with van der Waals surface area (Å²) in [7, 11) is 0. The van der Waals surface area contributed by atoms with Gasteiger partial charge in [-0.3, -0.25) is 4.79 Å². The first kappa shape index (κ1) is 15.5. The molecule has 0 saturated heterocycles. The highest BCUT2D eigenvalue weighted by Crippen LogP contribution is 2.19. The third-order valence-corrected chi connectivity index (χ3v) is 3.24. The standard InChI is InChI=1S/C16H16ClFN2O/c1-2-19-10-11-5-3-4-6-15(11)20-16(21)13-8-7-12(17)9-14(13)18/h3-9,19H,2,10H2,1H3,(H,20,21). The number of carbonyl (C=O) groups excluding carboxylic acids is 1. The quantitative estimate of drug-likeness (QED) is 0.881. The third-order valence-electron chi connectivity index (χ3n) is 3.01. The summed E-state index contributed by atoms with van der Waals surface area (Å²) in [4.78, 5) is 12.2. The van der Waals surface area contributed by atoms with Crippen LogP contribution in [0.3, 0.4) is 0 Å². The molecule has 110 valence electrons. The summed E-state index contributed by atoms with van der Waals surface area (Å²) in [5.41, 5.74) is 1.58. The number of halogens is 2. The van der Waals surface area contributed by atoms with Crippen molar-refractivity contribution in [3.63, 3.8) is 0 Å². The molecule has 0 atom stereocenters. The number of carbonyl (C=O) groups is 1. The summed E-state index contributed by atoms with van der Waals surface area (Å²) in [6, 6.07) is 11.4. The number of nitrogens with one attached hydrogen (secondary N) is 2. The molecule has 0 radical (unpaired) electrons. The fraction of sp³-hybridized carbons (Fsp3) is 0.188. The van der Waals surface area contributed by atoms with Gasteiger partial charge in [-0.1, -0.05) is 36.7 Å². The molecule has 0 heterocycles. The zero-order valence-corrected chi connectivity index (χ0v) is 12.4. The van der Waals surface area contributed by atoms with Crippen LogP contribution in [-0.2, 0) is 6.54 Å².